The Labute approximate surface area is 153 Å². The first-order chi connectivity index (χ1) is 12.1. The molecule has 0 radical (unpaired) electrons. The molecular weight excluding hydrogens is 354 g/mol. The van der Waals surface area contributed by atoms with Crippen LogP contribution in [0.3, 0.4) is 0 Å². The third-order valence-electron chi connectivity index (χ3n) is 4.16. The third-order valence-corrected chi connectivity index (χ3v) is 5.69. The average molecular weight is 377 g/mol. The van der Waals surface area contributed by atoms with Crippen LogP contribution in [0.1, 0.15) is 22.3 Å². The second kappa shape index (κ2) is 7.94. The van der Waals surface area contributed by atoms with Crippen LogP contribution in [0.5, 0.6) is 0 Å². The topological polar surface area (TPSA) is 92.5 Å². The highest BCUT2D eigenvalue weighted by atomic mass is 32.2. The van der Waals surface area contributed by atoms with Crippen LogP contribution >= 0.6 is 0 Å². The maximum Gasteiger partial charge on any atom is 0.271 e. The molecule has 0 aromatic heterocycles. The van der Waals surface area contributed by atoms with Gasteiger partial charge < -0.3 is 4.90 Å². The fourth-order valence-electron chi connectivity index (χ4n) is 2.67. The second-order valence-corrected chi connectivity index (χ2v) is 8.21. The molecular formula is C18H23N3O4S. The van der Waals surface area contributed by atoms with Gasteiger partial charge in [0, 0.05) is 25.2 Å². The number of nitro groups is 1. The highest BCUT2D eigenvalue weighted by molar-refractivity contribution is 7.89. The summed E-state index contributed by atoms with van der Waals surface area (Å²) in [4.78, 5) is 12.4. The first kappa shape index (κ1) is 20.0. The Balaban J connectivity index is 2.32. The monoisotopic (exact) mass is 377 g/mol. The molecule has 26 heavy (non-hydrogen) atoms. The molecule has 2 aromatic rings. The van der Waals surface area contributed by atoms with E-state index in [9.17, 15) is 18.5 Å². The molecule has 0 bridgehead atoms. The van der Waals surface area contributed by atoms with Crippen molar-refractivity contribution >= 4 is 15.7 Å². The smallest absolute Gasteiger partial charge is 0.271 e. The summed E-state index contributed by atoms with van der Waals surface area (Å²) in [6.45, 7) is 4.11. The molecule has 2 rings (SSSR count). The van der Waals surface area contributed by atoms with E-state index in [-0.39, 0.29) is 17.1 Å². The summed E-state index contributed by atoms with van der Waals surface area (Å²) in [5.74, 6) is 0. The van der Waals surface area contributed by atoms with E-state index in [1.54, 1.807) is 13.8 Å². The highest BCUT2D eigenvalue weighted by Gasteiger charge is 2.22. The number of non-ortho nitro benzene ring substituents is 1. The predicted molar refractivity (Wildman–Crippen MR) is 100 cm³/mol. The highest BCUT2D eigenvalue weighted by Crippen LogP contribution is 2.25. The fraction of sp³-hybridized carbons (Fsp3) is 0.333. The zero-order valence-electron chi connectivity index (χ0n) is 15.3. The quantitative estimate of drug-likeness (QED) is 0.592. The molecule has 0 atom stereocenters. The molecule has 0 saturated carbocycles. The van der Waals surface area contributed by atoms with Crippen LogP contribution < -0.4 is 4.72 Å². The Morgan fingerprint density at radius 1 is 1.12 bits per heavy atom. The van der Waals surface area contributed by atoms with Crippen LogP contribution in [0.15, 0.2) is 41.3 Å². The molecule has 0 saturated heterocycles. The summed E-state index contributed by atoms with van der Waals surface area (Å²) in [5, 5.41) is 11.1. The van der Waals surface area contributed by atoms with Gasteiger partial charge in [-0.15, -0.1) is 0 Å². The van der Waals surface area contributed by atoms with Crippen LogP contribution in [-0.2, 0) is 23.1 Å². The Morgan fingerprint density at radius 3 is 2.31 bits per heavy atom. The lowest BCUT2D eigenvalue weighted by Crippen LogP contribution is -2.25. The minimum absolute atomic E-state index is 0.0608. The molecule has 0 amide bonds. The second-order valence-electron chi connectivity index (χ2n) is 6.47. The summed E-state index contributed by atoms with van der Waals surface area (Å²) >= 11 is 0. The SMILES string of the molecule is Cc1cc([N+](=O)[O-])cc(S(=O)(=O)NCc2ccccc2CN(C)C)c1C. The van der Waals surface area contributed by atoms with E-state index in [4.69, 9.17) is 0 Å². The Bertz CT molecular complexity index is 924. The lowest BCUT2D eigenvalue weighted by Gasteiger charge is -2.15. The van der Waals surface area contributed by atoms with Crippen molar-refractivity contribution in [1.29, 1.82) is 0 Å². The van der Waals surface area contributed by atoms with Crippen molar-refractivity contribution in [2.45, 2.75) is 31.8 Å². The normalized spacial score (nSPS) is 11.7. The first-order valence-electron chi connectivity index (χ1n) is 8.08. The van der Waals surface area contributed by atoms with Crippen LogP contribution in [0.2, 0.25) is 0 Å². The third kappa shape index (κ3) is 4.66. The minimum Gasteiger partial charge on any atom is -0.305 e. The van der Waals surface area contributed by atoms with Gasteiger partial charge in [0.15, 0.2) is 0 Å². The van der Waals surface area contributed by atoms with Crippen molar-refractivity contribution in [1.82, 2.24) is 9.62 Å². The van der Waals surface area contributed by atoms with Crippen molar-refractivity contribution < 1.29 is 13.3 Å². The van der Waals surface area contributed by atoms with Crippen molar-refractivity contribution in [2.24, 2.45) is 0 Å². The molecule has 0 aliphatic heterocycles. The van der Waals surface area contributed by atoms with Gasteiger partial charge in [0.1, 0.15) is 0 Å². The molecule has 0 aliphatic rings. The van der Waals surface area contributed by atoms with Gasteiger partial charge in [0.25, 0.3) is 5.69 Å². The molecule has 0 spiro atoms. The predicted octanol–water partition coefficient (Wildman–Crippen LogP) is 2.75. The number of aryl methyl sites for hydroxylation is 1. The van der Waals surface area contributed by atoms with Crippen molar-refractivity contribution in [3.63, 3.8) is 0 Å². The van der Waals surface area contributed by atoms with Gasteiger partial charge in [-0.1, -0.05) is 24.3 Å². The number of nitrogens with zero attached hydrogens (tertiary/aromatic N) is 2. The maximum absolute atomic E-state index is 12.7. The minimum atomic E-state index is -3.88. The van der Waals surface area contributed by atoms with Gasteiger partial charge in [0.05, 0.1) is 9.82 Å². The summed E-state index contributed by atoms with van der Waals surface area (Å²) < 4.78 is 28.1. The molecule has 0 aliphatic carbocycles. The van der Waals surface area contributed by atoms with E-state index in [0.717, 1.165) is 17.2 Å². The molecule has 0 unspecified atom stereocenters. The molecule has 140 valence electrons. The standard InChI is InChI=1S/C18H23N3O4S/c1-13-9-17(21(22)23)10-18(14(13)2)26(24,25)19-11-15-7-5-6-8-16(15)12-20(3)4/h5-10,19H,11-12H2,1-4H3. The van der Waals surface area contributed by atoms with Crippen molar-refractivity contribution in [2.75, 3.05) is 14.1 Å². The van der Waals surface area contributed by atoms with Crippen LogP contribution in [0.25, 0.3) is 0 Å². The lowest BCUT2D eigenvalue weighted by molar-refractivity contribution is -0.385. The molecule has 7 nitrogen and oxygen atoms in total. The summed E-state index contributed by atoms with van der Waals surface area (Å²) in [5.41, 5.74) is 2.72. The number of hydrogen-bond acceptors (Lipinski definition) is 5. The van der Waals surface area contributed by atoms with E-state index < -0.39 is 14.9 Å². The number of hydrogen-bond donors (Lipinski definition) is 1. The lowest BCUT2D eigenvalue weighted by atomic mass is 10.1. The molecule has 1 N–H and O–H groups in total. The number of nitrogens with one attached hydrogen (secondary N) is 1. The van der Waals surface area contributed by atoms with Gasteiger partial charge in [-0.25, -0.2) is 13.1 Å². The molecule has 8 heteroatoms. The first-order valence-corrected chi connectivity index (χ1v) is 9.57. The fourth-order valence-corrected chi connectivity index (χ4v) is 4.01. The van der Waals surface area contributed by atoms with Crippen LogP contribution in [0, 0.1) is 24.0 Å². The maximum atomic E-state index is 12.7. The van der Waals surface area contributed by atoms with Crippen molar-refractivity contribution in [3.05, 3.63) is 68.8 Å². The molecule has 0 heterocycles. The zero-order valence-corrected chi connectivity index (χ0v) is 16.1. The molecule has 0 fully saturated rings. The summed E-state index contributed by atoms with van der Waals surface area (Å²) in [6, 6.07) is 10.1. The zero-order chi connectivity index (χ0) is 19.5. The van der Waals surface area contributed by atoms with Gasteiger partial charge in [0.2, 0.25) is 10.0 Å². The Hall–Kier alpha value is -2.29. The van der Waals surface area contributed by atoms with Gasteiger partial charge in [-0.3, -0.25) is 10.1 Å². The molecule has 2 aromatic carbocycles. The summed E-state index contributed by atoms with van der Waals surface area (Å²) in [7, 11) is 0.000386. The van der Waals surface area contributed by atoms with Gasteiger partial charge in [-0.05, 0) is 50.2 Å². The number of sulfonamides is 1. The summed E-state index contributed by atoms with van der Waals surface area (Å²) in [6.07, 6.45) is 0. The van der Waals surface area contributed by atoms with Gasteiger partial charge in [-0.2, -0.15) is 0 Å². The Morgan fingerprint density at radius 2 is 1.73 bits per heavy atom. The van der Waals surface area contributed by atoms with E-state index in [1.165, 1.54) is 6.07 Å². The average Bonchev–Trinajstić information content (AvgIpc) is 2.55. The van der Waals surface area contributed by atoms with E-state index in [1.807, 2.05) is 43.3 Å². The van der Waals surface area contributed by atoms with Crippen LogP contribution in [-0.4, -0.2) is 32.3 Å². The largest absolute Gasteiger partial charge is 0.305 e. The van der Waals surface area contributed by atoms with Crippen LogP contribution in [0.4, 0.5) is 5.69 Å². The van der Waals surface area contributed by atoms with Crippen molar-refractivity contribution in [3.8, 4) is 0 Å². The van der Waals surface area contributed by atoms with E-state index in [0.29, 0.717) is 17.7 Å². The van der Waals surface area contributed by atoms with E-state index in [2.05, 4.69) is 4.72 Å². The Kier molecular flexibility index (Phi) is 6.12. The van der Waals surface area contributed by atoms with Gasteiger partial charge >= 0.3 is 0 Å². The van der Waals surface area contributed by atoms with E-state index >= 15 is 0 Å². The number of nitro benzene ring substituents is 1. The number of benzene rings is 2. The number of rotatable bonds is 7.